The quantitative estimate of drug-likeness (QED) is 0.437. The van der Waals surface area contributed by atoms with Gasteiger partial charge in [-0.25, -0.2) is 8.42 Å². The fourth-order valence-electron chi connectivity index (χ4n) is 2.25. The van der Waals surface area contributed by atoms with E-state index in [-0.39, 0.29) is 11.3 Å². The number of nitrogens with two attached hydrogens (primary N) is 1. The van der Waals surface area contributed by atoms with Gasteiger partial charge in [0.1, 0.15) is 0 Å². The molecule has 3 N–H and O–H groups in total. The highest BCUT2D eigenvalue weighted by molar-refractivity contribution is 7.91. The van der Waals surface area contributed by atoms with Crippen molar-refractivity contribution in [2.45, 2.75) is 39.5 Å². The minimum absolute atomic E-state index is 0.220. The van der Waals surface area contributed by atoms with Crippen molar-refractivity contribution < 1.29 is 8.42 Å². The Balaban J connectivity index is 2.25. The minimum atomic E-state index is -2.80. The molecule has 0 saturated carbocycles. The number of hydrogen-bond acceptors (Lipinski definition) is 4. The maximum Gasteiger partial charge on any atom is 0.151 e. The van der Waals surface area contributed by atoms with Crippen LogP contribution in [-0.2, 0) is 9.84 Å². The van der Waals surface area contributed by atoms with Crippen molar-refractivity contribution in [3.8, 4) is 0 Å². The highest BCUT2D eigenvalue weighted by atomic mass is 32.2. The van der Waals surface area contributed by atoms with Gasteiger partial charge in [0.05, 0.1) is 17.3 Å². The Labute approximate surface area is 117 Å². The van der Waals surface area contributed by atoms with Gasteiger partial charge in [0.25, 0.3) is 0 Å². The van der Waals surface area contributed by atoms with Gasteiger partial charge >= 0.3 is 0 Å². The van der Waals surface area contributed by atoms with Gasteiger partial charge in [-0.1, -0.05) is 20.3 Å². The van der Waals surface area contributed by atoms with Gasteiger partial charge in [-0.3, -0.25) is 5.41 Å². The number of nitrogens with zero attached hydrogens (tertiary/aromatic N) is 1. The summed E-state index contributed by atoms with van der Waals surface area (Å²) in [6, 6.07) is 0. The summed E-state index contributed by atoms with van der Waals surface area (Å²) in [7, 11) is -2.80. The molecule has 1 aliphatic heterocycles. The Bertz CT molecular complexity index is 404. The van der Waals surface area contributed by atoms with Crippen LogP contribution in [0.1, 0.15) is 39.5 Å². The lowest BCUT2D eigenvalue weighted by molar-refractivity contribution is 0.282. The van der Waals surface area contributed by atoms with Crippen LogP contribution in [0, 0.1) is 10.8 Å². The zero-order chi connectivity index (χ0) is 14.5. The Hall–Kier alpha value is -0.620. The molecule has 0 aliphatic carbocycles. The molecule has 0 spiro atoms. The van der Waals surface area contributed by atoms with Crippen LogP contribution in [0.2, 0.25) is 0 Å². The number of unbranched alkanes of at least 4 members (excludes halogenated alkanes) is 1. The van der Waals surface area contributed by atoms with Crippen molar-refractivity contribution in [3.63, 3.8) is 0 Å². The predicted molar refractivity (Wildman–Crippen MR) is 79.3 cm³/mol. The molecule has 5 nitrogen and oxygen atoms in total. The van der Waals surface area contributed by atoms with Gasteiger partial charge in [-0.2, -0.15) is 0 Å². The first-order valence-corrected chi connectivity index (χ1v) is 8.82. The normalized spacial score (nSPS) is 20.9. The van der Waals surface area contributed by atoms with E-state index in [2.05, 4.69) is 4.90 Å². The zero-order valence-corrected chi connectivity index (χ0v) is 12.9. The van der Waals surface area contributed by atoms with E-state index in [0.29, 0.717) is 18.1 Å². The lowest BCUT2D eigenvalue weighted by Gasteiger charge is -2.24. The van der Waals surface area contributed by atoms with E-state index in [4.69, 9.17) is 11.1 Å². The lowest BCUT2D eigenvalue weighted by Crippen LogP contribution is -2.31. The van der Waals surface area contributed by atoms with Gasteiger partial charge < -0.3 is 10.6 Å². The van der Waals surface area contributed by atoms with Crippen LogP contribution in [0.25, 0.3) is 0 Å². The Morgan fingerprint density at radius 2 is 1.95 bits per heavy atom. The summed E-state index contributed by atoms with van der Waals surface area (Å²) in [5, 5.41) is 7.50. The summed E-state index contributed by atoms with van der Waals surface area (Å²) < 4.78 is 23.0. The molecule has 1 aliphatic rings. The van der Waals surface area contributed by atoms with E-state index in [1.807, 2.05) is 13.8 Å². The monoisotopic (exact) mass is 289 g/mol. The van der Waals surface area contributed by atoms with E-state index in [0.717, 1.165) is 38.8 Å². The number of sulfone groups is 1. The fraction of sp³-hybridized carbons (Fsp3) is 0.923. The standard InChI is InChI=1S/C13H27N3O2S/c1-13(2,12(14)15)6-3-4-7-16-8-5-10-19(17,18)11-9-16/h3-11H2,1-2H3,(H3,14,15). The van der Waals surface area contributed by atoms with E-state index < -0.39 is 9.84 Å². The topological polar surface area (TPSA) is 87.2 Å². The van der Waals surface area contributed by atoms with Crippen LogP contribution >= 0.6 is 0 Å². The molecule has 0 aromatic rings. The zero-order valence-electron chi connectivity index (χ0n) is 12.1. The molecule has 0 aromatic carbocycles. The largest absolute Gasteiger partial charge is 0.387 e. The van der Waals surface area contributed by atoms with Gasteiger partial charge in [0, 0.05) is 12.0 Å². The third-order valence-corrected chi connectivity index (χ3v) is 5.62. The first-order valence-electron chi connectivity index (χ1n) is 7.00. The highest BCUT2D eigenvalue weighted by Crippen LogP contribution is 2.22. The molecular formula is C13H27N3O2S. The minimum Gasteiger partial charge on any atom is -0.387 e. The Morgan fingerprint density at radius 1 is 1.26 bits per heavy atom. The molecule has 0 unspecified atom stereocenters. The SMILES string of the molecule is CC(C)(CCCCN1CCCS(=O)(=O)CC1)C(=N)N. The van der Waals surface area contributed by atoms with Gasteiger partial charge in [-0.15, -0.1) is 0 Å². The number of rotatable bonds is 6. The third kappa shape index (κ3) is 5.91. The maximum atomic E-state index is 11.5. The second-order valence-corrected chi connectivity index (χ2v) is 8.41. The molecule has 0 aromatic heterocycles. The van der Waals surface area contributed by atoms with Crippen LogP contribution in [0.15, 0.2) is 0 Å². The molecule has 6 heteroatoms. The number of amidine groups is 1. The molecule has 0 amide bonds. The Morgan fingerprint density at radius 3 is 2.58 bits per heavy atom. The summed E-state index contributed by atoms with van der Waals surface area (Å²) in [6.07, 6.45) is 3.72. The van der Waals surface area contributed by atoms with Crippen LogP contribution in [0.5, 0.6) is 0 Å². The van der Waals surface area contributed by atoms with Crippen LogP contribution in [0.3, 0.4) is 0 Å². The first-order chi connectivity index (χ1) is 8.73. The molecule has 1 rings (SSSR count). The lowest BCUT2D eigenvalue weighted by atomic mass is 9.86. The van der Waals surface area contributed by atoms with Crippen molar-refractivity contribution in [2.24, 2.45) is 11.1 Å². The van der Waals surface area contributed by atoms with Crippen molar-refractivity contribution in [3.05, 3.63) is 0 Å². The van der Waals surface area contributed by atoms with Crippen LogP contribution in [0.4, 0.5) is 0 Å². The summed E-state index contributed by atoms with van der Waals surface area (Å²) in [5.41, 5.74) is 5.33. The van der Waals surface area contributed by atoms with E-state index >= 15 is 0 Å². The molecule has 1 fully saturated rings. The predicted octanol–water partition coefficient (Wildman–Crippen LogP) is 1.24. The van der Waals surface area contributed by atoms with Crippen molar-refractivity contribution in [2.75, 3.05) is 31.1 Å². The van der Waals surface area contributed by atoms with E-state index in [1.54, 1.807) is 0 Å². The summed E-state index contributed by atoms with van der Waals surface area (Å²) in [5.74, 6) is 0.876. The maximum absolute atomic E-state index is 11.5. The average Bonchev–Trinajstić information content (AvgIpc) is 2.46. The first kappa shape index (κ1) is 16.4. The third-order valence-electron chi connectivity index (χ3n) is 3.90. The van der Waals surface area contributed by atoms with Crippen molar-refractivity contribution >= 4 is 15.7 Å². The van der Waals surface area contributed by atoms with Crippen molar-refractivity contribution in [1.82, 2.24) is 4.90 Å². The van der Waals surface area contributed by atoms with Crippen molar-refractivity contribution in [1.29, 1.82) is 5.41 Å². The Kier molecular flexibility index (Phi) is 5.80. The second kappa shape index (κ2) is 6.70. The molecular weight excluding hydrogens is 262 g/mol. The number of hydrogen-bond donors (Lipinski definition) is 2. The van der Waals surface area contributed by atoms with Crippen LogP contribution in [-0.4, -0.2) is 50.3 Å². The molecule has 19 heavy (non-hydrogen) atoms. The van der Waals surface area contributed by atoms with E-state index in [1.165, 1.54) is 0 Å². The van der Waals surface area contributed by atoms with Gasteiger partial charge in [-0.05, 0) is 32.4 Å². The van der Waals surface area contributed by atoms with Gasteiger partial charge in [0.15, 0.2) is 9.84 Å². The highest BCUT2D eigenvalue weighted by Gasteiger charge is 2.22. The average molecular weight is 289 g/mol. The molecule has 0 atom stereocenters. The molecule has 1 heterocycles. The number of nitrogens with one attached hydrogen (secondary N) is 1. The van der Waals surface area contributed by atoms with Crippen LogP contribution < -0.4 is 5.73 Å². The summed E-state index contributed by atoms with van der Waals surface area (Å²) in [4.78, 5) is 2.24. The molecule has 112 valence electrons. The fourth-order valence-corrected chi connectivity index (χ4v) is 3.56. The summed E-state index contributed by atoms with van der Waals surface area (Å²) in [6.45, 7) is 6.49. The second-order valence-electron chi connectivity index (χ2n) is 6.10. The molecule has 0 bridgehead atoms. The smallest absolute Gasteiger partial charge is 0.151 e. The molecule has 0 radical (unpaired) electrons. The summed E-state index contributed by atoms with van der Waals surface area (Å²) >= 11 is 0. The molecule has 1 saturated heterocycles. The van der Waals surface area contributed by atoms with Gasteiger partial charge in [0.2, 0.25) is 0 Å². The van der Waals surface area contributed by atoms with E-state index in [9.17, 15) is 8.42 Å².